The third kappa shape index (κ3) is 11.4. The molecule has 80 valence electrons. The summed E-state index contributed by atoms with van der Waals surface area (Å²) in [7, 11) is 0. The number of hydrazine groups is 1. The predicted molar refractivity (Wildman–Crippen MR) is 56.1 cm³/mol. The third-order valence-electron chi connectivity index (χ3n) is 1.43. The Morgan fingerprint density at radius 3 is 2.38 bits per heavy atom. The molecule has 0 atom stereocenters. The summed E-state index contributed by atoms with van der Waals surface area (Å²) in [5, 5.41) is 0. The first-order valence-electron chi connectivity index (χ1n) is 4.98. The maximum absolute atomic E-state index is 10.4. The fraction of sp³-hybridized carbons (Fsp3) is 0.889. The average Bonchev–Trinajstić information content (AvgIpc) is 2.20. The van der Waals surface area contributed by atoms with Gasteiger partial charge in [0.05, 0.1) is 0 Å². The van der Waals surface area contributed by atoms with Crippen LogP contribution >= 0.6 is 0 Å². The molecule has 0 bridgehead atoms. The molecule has 0 saturated heterocycles. The van der Waals surface area contributed by atoms with Crippen LogP contribution in [0.1, 0.15) is 33.6 Å². The molecule has 0 aliphatic carbocycles. The predicted octanol–water partition coefficient (Wildman–Crippen LogP) is 0.734. The van der Waals surface area contributed by atoms with Crippen molar-refractivity contribution >= 4 is 6.41 Å². The molecule has 0 unspecified atom stereocenters. The van der Waals surface area contributed by atoms with Crippen LogP contribution in [0.5, 0.6) is 0 Å². The topological polar surface area (TPSA) is 58.4 Å². The third-order valence-corrected chi connectivity index (χ3v) is 1.43. The van der Waals surface area contributed by atoms with Crippen molar-refractivity contribution in [2.75, 3.05) is 19.6 Å². The van der Waals surface area contributed by atoms with E-state index in [2.05, 4.69) is 12.3 Å². The largest absolute Gasteiger partial charge is 0.345 e. The number of amides is 1. The maximum Gasteiger partial charge on any atom is 0.209 e. The Balaban J connectivity index is 0. The van der Waals surface area contributed by atoms with E-state index in [0.29, 0.717) is 0 Å². The summed E-state index contributed by atoms with van der Waals surface area (Å²) in [6.07, 6.45) is 2.81. The van der Waals surface area contributed by atoms with Crippen LogP contribution in [-0.4, -0.2) is 30.9 Å². The van der Waals surface area contributed by atoms with Gasteiger partial charge in [-0.05, 0) is 12.8 Å². The summed E-state index contributed by atoms with van der Waals surface area (Å²) >= 11 is 0. The molecule has 0 rings (SSSR count). The zero-order valence-electron chi connectivity index (χ0n) is 9.05. The first kappa shape index (κ1) is 14.9. The minimum atomic E-state index is 0.758. The second-order valence-electron chi connectivity index (χ2n) is 2.45. The van der Waals surface area contributed by atoms with Crippen molar-refractivity contribution in [1.82, 2.24) is 10.3 Å². The van der Waals surface area contributed by atoms with Gasteiger partial charge in [0.15, 0.2) is 0 Å². The highest BCUT2D eigenvalue weighted by Crippen LogP contribution is 1.88. The summed E-state index contributed by atoms with van der Waals surface area (Å²) in [6, 6.07) is 0. The van der Waals surface area contributed by atoms with Crippen molar-refractivity contribution in [2.45, 2.75) is 33.6 Å². The van der Waals surface area contributed by atoms with E-state index in [0.717, 1.165) is 38.9 Å². The lowest BCUT2D eigenvalue weighted by Crippen LogP contribution is -2.29. The Labute approximate surface area is 81.4 Å². The molecule has 0 radical (unpaired) electrons. The fourth-order valence-corrected chi connectivity index (χ4v) is 0.889. The summed E-state index contributed by atoms with van der Waals surface area (Å²) in [4.78, 5) is 12.1. The molecule has 13 heavy (non-hydrogen) atoms. The molecule has 0 aliphatic rings. The van der Waals surface area contributed by atoms with Gasteiger partial charge < -0.3 is 4.90 Å². The molecule has 0 heterocycles. The maximum atomic E-state index is 10.4. The standard InChI is InChI=1S/C7H17N3O.C2H6/c1-2-5-10(7-11)6-3-4-9-8;1-2/h7,9H,2-6,8H2,1H3;1-2H3. The zero-order chi connectivity index (χ0) is 10.5. The van der Waals surface area contributed by atoms with Gasteiger partial charge in [-0.25, -0.2) is 0 Å². The quantitative estimate of drug-likeness (QED) is 0.269. The molecule has 0 aliphatic heterocycles. The molecule has 0 aromatic rings. The molecule has 0 fully saturated rings. The highest BCUT2D eigenvalue weighted by Gasteiger charge is 1.97. The van der Waals surface area contributed by atoms with Crippen LogP contribution in [0.3, 0.4) is 0 Å². The van der Waals surface area contributed by atoms with Crippen LogP contribution in [0.15, 0.2) is 0 Å². The van der Waals surface area contributed by atoms with Crippen LogP contribution in [-0.2, 0) is 4.79 Å². The van der Waals surface area contributed by atoms with E-state index in [1.165, 1.54) is 0 Å². The first-order valence-corrected chi connectivity index (χ1v) is 4.98. The van der Waals surface area contributed by atoms with Gasteiger partial charge in [0, 0.05) is 19.6 Å². The molecule has 0 aromatic carbocycles. The zero-order valence-corrected chi connectivity index (χ0v) is 9.05. The van der Waals surface area contributed by atoms with E-state index in [1.54, 1.807) is 4.90 Å². The van der Waals surface area contributed by atoms with Gasteiger partial charge in [0.25, 0.3) is 0 Å². The Morgan fingerprint density at radius 1 is 1.38 bits per heavy atom. The SMILES string of the molecule is CC.CCCN(C=O)CCCNN. The Morgan fingerprint density at radius 2 is 2.00 bits per heavy atom. The average molecular weight is 189 g/mol. The van der Waals surface area contributed by atoms with E-state index >= 15 is 0 Å². The Kier molecular flexibility index (Phi) is 16.0. The van der Waals surface area contributed by atoms with Crippen LogP contribution in [0.25, 0.3) is 0 Å². The summed E-state index contributed by atoms with van der Waals surface area (Å²) in [5.74, 6) is 5.07. The number of hydrogen-bond acceptors (Lipinski definition) is 3. The van der Waals surface area contributed by atoms with Gasteiger partial charge in [-0.3, -0.25) is 16.1 Å². The van der Waals surface area contributed by atoms with Crippen LogP contribution in [0, 0.1) is 0 Å². The molecular weight excluding hydrogens is 166 g/mol. The fourth-order valence-electron chi connectivity index (χ4n) is 0.889. The molecule has 4 heteroatoms. The Bertz CT molecular complexity index is 98.9. The van der Waals surface area contributed by atoms with E-state index in [4.69, 9.17) is 5.84 Å². The summed E-state index contributed by atoms with van der Waals surface area (Å²) in [6.45, 7) is 8.45. The van der Waals surface area contributed by atoms with Crippen molar-refractivity contribution in [2.24, 2.45) is 5.84 Å². The van der Waals surface area contributed by atoms with Crippen molar-refractivity contribution in [3.63, 3.8) is 0 Å². The number of nitrogens with zero attached hydrogens (tertiary/aromatic N) is 1. The van der Waals surface area contributed by atoms with Crippen molar-refractivity contribution in [3.8, 4) is 0 Å². The second-order valence-corrected chi connectivity index (χ2v) is 2.45. The van der Waals surface area contributed by atoms with Crippen molar-refractivity contribution in [1.29, 1.82) is 0 Å². The van der Waals surface area contributed by atoms with Gasteiger partial charge >= 0.3 is 0 Å². The summed E-state index contributed by atoms with van der Waals surface area (Å²) in [5.41, 5.74) is 2.55. The van der Waals surface area contributed by atoms with Gasteiger partial charge in [-0.1, -0.05) is 20.8 Å². The molecule has 0 aromatic heterocycles. The molecular formula is C9H23N3O. The van der Waals surface area contributed by atoms with E-state index in [-0.39, 0.29) is 0 Å². The first-order chi connectivity index (χ1) is 6.35. The molecule has 0 spiro atoms. The van der Waals surface area contributed by atoms with E-state index in [9.17, 15) is 4.79 Å². The highest BCUT2D eigenvalue weighted by atomic mass is 16.1. The van der Waals surface area contributed by atoms with Gasteiger partial charge in [0.1, 0.15) is 0 Å². The minimum Gasteiger partial charge on any atom is -0.345 e. The number of nitrogens with one attached hydrogen (secondary N) is 1. The number of hydrogen-bond donors (Lipinski definition) is 2. The van der Waals surface area contributed by atoms with E-state index < -0.39 is 0 Å². The number of rotatable bonds is 7. The lowest BCUT2D eigenvalue weighted by Gasteiger charge is -2.15. The highest BCUT2D eigenvalue weighted by molar-refractivity contribution is 5.46. The minimum absolute atomic E-state index is 0.758. The monoisotopic (exact) mass is 189 g/mol. The van der Waals surface area contributed by atoms with Crippen molar-refractivity contribution in [3.05, 3.63) is 0 Å². The normalized spacial score (nSPS) is 8.62. The van der Waals surface area contributed by atoms with Gasteiger partial charge in [-0.15, -0.1) is 0 Å². The summed E-state index contributed by atoms with van der Waals surface area (Å²) < 4.78 is 0. The van der Waals surface area contributed by atoms with Crippen LogP contribution in [0.4, 0.5) is 0 Å². The van der Waals surface area contributed by atoms with Crippen molar-refractivity contribution < 1.29 is 4.79 Å². The molecule has 3 N–H and O–H groups in total. The second kappa shape index (κ2) is 13.9. The van der Waals surface area contributed by atoms with Crippen LogP contribution in [0.2, 0.25) is 0 Å². The molecule has 1 amide bonds. The number of nitrogens with two attached hydrogens (primary N) is 1. The van der Waals surface area contributed by atoms with Gasteiger partial charge in [0.2, 0.25) is 6.41 Å². The smallest absolute Gasteiger partial charge is 0.209 e. The van der Waals surface area contributed by atoms with Gasteiger partial charge in [-0.2, -0.15) is 0 Å². The lowest BCUT2D eigenvalue weighted by molar-refractivity contribution is -0.118. The number of carbonyl (C=O) groups is 1. The van der Waals surface area contributed by atoms with Crippen LogP contribution < -0.4 is 11.3 Å². The lowest BCUT2D eigenvalue weighted by atomic mass is 10.3. The number of carbonyl (C=O) groups excluding carboxylic acids is 1. The molecule has 4 nitrogen and oxygen atoms in total. The van der Waals surface area contributed by atoms with E-state index in [1.807, 2.05) is 13.8 Å². The Hall–Kier alpha value is -0.610. The molecule has 0 saturated carbocycles.